The van der Waals surface area contributed by atoms with E-state index in [1.807, 2.05) is 12.5 Å². The maximum atomic E-state index is 13.0. The standard InChI is InChI=1S/C18H27N3O2/c1-14-2-4-18(10-14)5-7-21(12-18)17(22)16-15(3-9-23-16)11-20-8-6-19-13-20/h6,8,13-16H,2-5,7,9-12H2,1H3/t14?,15-,16-,18?/m1/s1. The molecule has 0 radical (unpaired) electrons. The van der Waals surface area contributed by atoms with Gasteiger partial charge in [0.15, 0.2) is 0 Å². The van der Waals surface area contributed by atoms with Crippen molar-refractivity contribution in [2.24, 2.45) is 17.3 Å². The van der Waals surface area contributed by atoms with Crippen LogP contribution in [0.3, 0.4) is 0 Å². The molecule has 1 aromatic heterocycles. The maximum Gasteiger partial charge on any atom is 0.252 e. The van der Waals surface area contributed by atoms with Gasteiger partial charge >= 0.3 is 0 Å². The zero-order valence-corrected chi connectivity index (χ0v) is 14.0. The second kappa shape index (κ2) is 5.93. The Labute approximate surface area is 138 Å². The van der Waals surface area contributed by atoms with E-state index in [1.165, 1.54) is 25.7 Å². The Morgan fingerprint density at radius 1 is 1.39 bits per heavy atom. The van der Waals surface area contributed by atoms with E-state index in [0.29, 0.717) is 12.0 Å². The molecule has 1 aromatic rings. The van der Waals surface area contributed by atoms with E-state index in [-0.39, 0.29) is 17.9 Å². The highest BCUT2D eigenvalue weighted by Gasteiger charge is 2.46. The molecule has 2 aliphatic heterocycles. The quantitative estimate of drug-likeness (QED) is 0.859. The fraction of sp³-hybridized carbons (Fsp3) is 0.778. The lowest BCUT2D eigenvalue weighted by molar-refractivity contribution is -0.142. The predicted molar refractivity (Wildman–Crippen MR) is 86.7 cm³/mol. The van der Waals surface area contributed by atoms with Gasteiger partial charge in [-0.1, -0.05) is 13.3 Å². The SMILES string of the molecule is CC1CCC2(CCN(C(=O)[C@@H]3OCC[C@@H]3Cn3ccnc3)C2)C1. The van der Waals surface area contributed by atoms with Gasteiger partial charge in [0.05, 0.1) is 6.33 Å². The minimum Gasteiger partial charge on any atom is -0.368 e. The first-order valence-electron chi connectivity index (χ1n) is 9.01. The van der Waals surface area contributed by atoms with Gasteiger partial charge < -0.3 is 14.2 Å². The molecule has 1 saturated carbocycles. The first-order valence-corrected chi connectivity index (χ1v) is 9.01. The third kappa shape index (κ3) is 2.91. The summed E-state index contributed by atoms with van der Waals surface area (Å²) < 4.78 is 7.90. The van der Waals surface area contributed by atoms with E-state index in [9.17, 15) is 4.79 Å². The molecule has 0 bridgehead atoms. The Bertz CT molecular complexity index is 559. The first kappa shape index (κ1) is 15.2. The highest BCUT2D eigenvalue weighted by Crippen LogP contribution is 2.48. The van der Waals surface area contributed by atoms with E-state index >= 15 is 0 Å². The van der Waals surface area contributed by atoms with Gasteiger partial charge in [0, 0.05) is 44.6 Å². The number of rotatable bonds is 3. The van der Waals surface area contributed by atoms with Crippen LogP contribution in [0, 0.1) is 17.3 Å². The van der Waals surface area contributed by atoms with Crippen molar-refractivity contribution >= 4 is 5.91 Å². The Morgan fingerprint density at radius 3 is 3.04 bits per heavy atom. The van der Waals surface area contributed by atoms with Gasteiger partial charge in [-0.25, -0.2) is 4.98 Å². The van der Waals surface area contributed by atoms with Crippen LogP contribution in [-0.2, 0) is 16.1 Å². The molecule has 4 rings (SSSR count). The number of hydrogen-bond acceptors (Lipinski definition) is 3. The lowest BCUT2D eigenvalue weighted by atomic mass is 9.85. The maximum absolute atomic E-state index is 13.0. The van der Waals surface area contributed by atoms with Crippen molar-refractivity contribution in [2.45, 2.75) is 51.7 Å². The molecule has 1 aliphatic carbocycles. The van der Waals surface area contributed by atoms with Gasteiger partial charge in [0.1, 0.15) is 6.10 Å². The van der Waals surface area contributed by atoms with Crippen molar-refractivity contribution in [1.29, 1.82) is 0 Å². The molecule has 2 saturated heterocycles. The summed E-state index contributed by atoms with van der Waals surface area (Å²) in [5.74, 6) is 1.32. The van der Waals surface area contributed by atoms with Crippen molar-refractivity contribution in [3.63, 3.8) is 0 Å². The van der Waals surface area contributed by atoms with Gasteiger partial charge in [-0.3, -0.25) is 4.79 Å². The fourth-order valence-electron chi connectivity index (χ4n) is 4.93. The third-order valence-corrected chi connectivity index (χ3v) is 6.16. The summed E-state index contributed by atoms with van der Waals surface area (Å²) in [7, 11) is 0. The lowest BCUT2D eigenvalue weighted by Crippen LogP contribution is -2.42. The van der Waals surface area contributed by atoms with Crippen LogP contribution >= 0.6 is 0 Å². The lowest BCUT2D eigenvalue weighted by Gasteiger charge is -2.27. The largest absolute Gasteiger partial charge is 0.368 e. The molecule has 2 unspecified atom stereocenters. The van der Waals surface area contributed by atoms with Gasteiger partial charge in [-0.05, 0) is 37.0 Å². The van der Waals surface area contributed by atoms with Crippen LogP contribution in [-0.4, -0.2) is 46.2 Å². The van der Waals surface area contributed by atoms with Crippen LogP contribution in [0.2, 0.25) is 0 Å². The molecule has 3 fully saturated rings. The van der Waals surface area contributed by atoms with Crippen LogP contribution in [0.5, 0.6) is 0 Å². The van der Waals surface area contributed by atoms with E-state index in [4.69, 9.17) is 4.74 Å². The van der Waals surface area contributed by atoms with Gasteiger partial charge in [0.2, 0.25) is 0 Å². The zero-order chi connectivity index (χ0) is 15.9. The Hall–Kier alpha value is -1.36. The molecular weight excluding hydrogens is 290 g/mol. The van der Waals surface area contributed by atoms with E-state index in [1.54, 1.807) is 6.20 Å². The minimum atomic E-state index is -0.258. The van der Waals surface area contributed by atoms with Crippen LogP contribution in [0.25, 0.3) is 0 Å². The van der Waals surface area contributed by atoms with Crippen LogP contribution in [0.4, 0.5) is 0 Å². The fourth-order valence-corrected chi connectivity index (χ4v) is 4.93. The first-order chi connectivity index (χ1) is 11.2. The van der Waals surface area contributed by atoms with Gasteiger partial charge in [-0.2, -0.15) is 0 Å². The number of ether oxygens (including phenoxy) is 1. The Balaban J connectivity index is 1.40. The molecule has 1 spiro atoms. The van der Waals surface area contributed by atoms with E-state index in [0.717, 1.165) is 32.0 Å². The Morgan fingerprint density at radius 2 is 2.30 bits per heavy atom. The summed E-state index contributed by atoms with van der Waals surface area (Å²) in [6.07, 6.45) is 11.4. The number of aromatic nitrogens is 2. The van der Waals surface area contributed by atoms with Crippen molar-refractivity contribution < 1.29 is 9.53 Å². The molecule has 3 aliphatic rings. The highest BCUT2D eigenvalue weighted by molar-refractivity contribution is 5.82. The minimum absolute atomic E-state index is 0.226. The smallest absolute Gasteiger partial charge is 0.252 e. The van der Waals surface area contributed by atoms with Crippen molar-refractivity contribution in [1.82, 2.24) is 14.5 Å². The monoisotopic (exact) mass is 317 g/mol. The number of nitrogens with zero attached hydrogens (tertiary/aromatic N) is 3. The average Bonchev–Trinajstić information content (AvgIpc) is 3.30. The van der Waals surface area contributed by atoms with Crippen LogP contribution < -0.4 is 0 Å². The molecule has 0 aromatic carbocycles. The highest BCUT2D eigenvalue weighted by atomic mass is 16.5. The number of likely N-dealkylation sites (tertiary alicyclic amines) is 1. The van der Waals surface area contributed by atoms with Crippen molar-refractivity contribution in [2.75, 3.05) is 19.7 Å². The summed E-state index contributed by atoms with van der Waals surface area (Å²) in [4.78, 5) is 19.2. The van der Waals surface area contributed by atoms with Crippen LogP contribution in [0.15, 0.2) is 18.7 Å². The molecule has 126 valence electrons. The van der Waals surface area contributed by atoms with Crippen molar-refractivity contribution in [3.8, 4) is 0 Å². The van der Waals surface area contributed by atoms with E-state index in [2.05, 4.69) is 21.4 Å². The summed E-state index contributed by atoms with van der Waals surface area (Å²) in [6.45, 7) is 5.75. The molecule has 1 amide bonds. The topological polar surface area (TPSA) is 47.4 Å². The molecule has 23 heavy (non-hydrogen) atoms. The second-order valence-corrected chi connectivity index (χ2v) is 7.96. The summed E-state index contributed by atoms with van der Waals surface area (Å²) in [5, 5.41) is 0. The molecule has 5 nitrogen and oxygen atoms in total. The average molecular weight is 317 g/mol. The molecular formula is C18H27N3O2. The molecule has 5 heteroatoms. The summed E-state index contributed by atoms with van der Waals surface area (Å²) >= 11 is 0. The van der Waals surface area contributed by atoms with Crippen molar-refractivity contribution in [3.05, 3.63) is 18.7 Å². The molecule has 4 atom stereocenters. The zero-order valence-electron chi connectivity index (χ0n) is 14.0. The second-order valence-electron chi connectivity index (χ2n) is 7.96. The Kier molecular flexibility index (Phi) is 3.92. The molecule has 0 N–H and O–H groups in total. The number of imidazole rings is 1. The number of carbonyl (C=O) groups is 1. The predicted octanol–water partition coefficient (Wildman–Crippen LogP) is 2.33. The summed E-state index contributed by atoms with van der Waals surface area (Å²) in [5.41, 5.74) is 0.410. The number of hydrogen-bond donors (Lipinski definition) is 0. The molecule has 3 heterocycles. The normalized spacial score (nSPS) is 37.1. The van der Waals surface area contributed by atoms with Gasteiger partial charge in [0.25, 0.3) is 5.91 Å². The van der Waals surface area contributed by atoms with Gasteiger partial charge in [-0.15, -0.1) is 0 Å². The number of carbonyl (C=O) groups excluding carboxylic acids is 1. The van der Waals surface area contributed by atoms with Crippen LogP contribution in [0.1, 0.15) is 39.0 Å². The number of amides is 1. The van der Waals surface area contributed by atoms with E-state index < -0.39 is 0 Å². The third-order valence-electron chi connectivity index (χ3n) is 6.16. The summed E-state index contributed by atoms with van der Waals surface area (Å²) in [6, 6.07) is 0.